The molecule has 0 aromatic carbocycles. The summed E-state index contributed by atoms with van der Waals surface area (Å²) in [5, 5.41) is 8.68. The maximum Gasteiger partial charge on any atom is 0.335 e. The molecule has 0 aliphatic heterocycles. The number of carboxylic acids is 1. The van der Waals surface area contributed by atoms with Gasteiger partial charge in [0.15, 0.2) is 0 Å². The van der Waals surface area contributed by atoms with Crippen molar-refractivity contribution < 1.29 is 9.90 Å². The molecule has 14 heavy (non-hydrogen) atoms. The molecule has 0 atom stereocenters. The number of nitrogens with zero attached hydrogens (tertiary/aromatic N) is 2. The Bertz CT molecular complexity index is 355. The molecule has 0 saturated heterocycles. The van der Waals surface area contributed by atoms with Crippen LogP contribution in [0.15, 0.2) is 24.9 Å². The number of hydrogen-bond donors (Lipinski definition) is 1. The monoisotopic (exact) mass is 192 g/mol. The van der Waals surface area contributed by atoms with Crippen molar-refractivity contribution in [2.45, 2.75) is 0 Å². The lowest BCUT2D eigenvalue weighted by Gasteiger charge is -2.10. The highest BCUT2D eigenvalue weighted by molar-refractivity contribution is 6.14. The van der Waals surface area contributed by atoms with Crippen molar-refractivity contribution in [2.24, 2.45) is 0 Å². The first kappa shape index (κ1) is 10.2. The lowest BCUT2D eigenvalue weighted by atomic mass is 10.1. The van der Waals surface area contributed by atoms with Crippen LogP contribution in [0.4, 0.5) is 5.82 Å². The highest BCUT2D eigenvalue weighted by Gasteiger charge is 2.07. The minimum atomic E-state index is -1.02. The molecule has 1 rings (SSSR count). The third-order valence-electron chi connectivity index (χ3n) is 1.81. The van der Waals surface area contributed by atoms with E-state index in [0.29, 0.717) is 5.56 Å². The topological polar surface area (TPSA) is 53.4 Å². The van der Waals surface area contributed by atoms with E-state index in [9.17, 15) is 4.79 Å². The first-order valence-electron chi connectivity index (χ1n) is 4.08. The van der Waals surface area contributed by atoms with Gasteiger partial charge in [0, 0.05) is 25.9 Å². The fraction of sp³-hybridized carbons (Fsp3) is 0.200. The fourth-order valence-corrected chi connectivity index (χ4v) is 0.953. The summed E-state index contributed by atoms with van der Waals surface area (Å²) in [7, 11) is 3.74. The van der Waals surface area contributed by atoms with Gasteiger partial charge in [-0.25, -0.2) is 9.78 Å². The summed E-state index contributed by atoms with van der Waals surface area (Å²) in [6.45, 7) is 3.45. The Labute approximate surface area is 82.5 Å². The van der Waals surface area contributed by atoms with Crippen molar-refractivity contribution >= 4 is 17.4 Å². The van der Waals surface area contributed by atoms with Crippen LogP contribution in [-0.2, 0) is 4.79 Å². The van der Waals surface area contributed by atoms with E-state index in [1.807, 2.05) is 19.0 Å². The molecule has 1 heterocycles. The average Bonchev–Trinajstić information content (AvgIpc) is 2.16. The molecular weight excluding hydrogens is 180 g/mol. The Morgan fingerprint density at radius 1 is 1.50 bits per heavy atom. The summed E-state index contributed by atoms with van der Waals surface area (Å²) in [4.78, 5) is 16.5. The van der Waals surface area contributed by atoms with E-state index in [1.54, 1.807) is 12.1 Å². The van der Waals surface area contributed by atoms with Gasteiger partial charge in [-0.15, -0.1) is 0 Å². The Balaban J connectivity index is 2.94. The number of rotatable bonds is 3. The summed E-state index contributed by atoms with van der Waals surface area (Å²) in [6.07, 6.45) is 1.51. The number of carbonyl (C=O) groups is 1. The predicted octanol–water partition coefficient (Wildman–Crippen LogP) is 1.25. The second kappa shape index (κ2) is 3.91. The number of carboxylic acid groups (broad SMARTS) is 1. The standard InChI is InChI=1S/C10H12N2O2/c1-7(10(13)14)8-4-5-9(11-6-8)12(2)3/h4-6H,1H2,2-3H3,(H,13,14). The molecule has 0 radical (unpaired) electrons. The summed E-state index contributed by atoms with van der Waals surface area (Å²) >= 11 is 0. The van der Waals surface area contributed by atoms with E-state index in [2.05, 4.69) is 11.6 Å². The van der Waals surface area contributed by atoms with Crippen LogP contribution in [0.1, 0.15) is 5.56 Å². The maximum atomic E-state index is 10.6. The van der Waals surface area contributed by atoms with Gasteiger partial charge < -0.3 is 10.0 Å². The predicted molar refractivity (Wildman–Crippen MR) is 55.2 cm³/mol. The van der Waals surface area contributed by atoms with Crippen molar-refractivity contribution in [3.8, 4) is 0 Å². The van der Waals surface area contributed by atoms with Gasteiger partial charge >= 0.3 is 5.97 Å². The van der Waals surface area contributed by atoms with Crippen LogP contribution < -0.4 is 4.90 Å². The molecule has 0 amide bonds. The zero-order chi connectivity index (χ0) is 10.7. The third kappa shape index (κ3) is 2.10. The summed E-state index contributed by atoms with van der Waals surface area (Å²) in [5.41, 5.74) is 0.589. The molecule has 0 saturated carbocycles. The second-order valence-electron chi connectivity index (χ2n) is 3.08. The normalized spacial score (nSPS) is 9.57. The van der Waals surface area contributed by atoms with Crippen LogP contribution in [0.2, 0.25) is 0 Å². The van der Waals surface area contributed by atoms with E-state index >= 15 is 0 Å². The molecule has 1 N–H and O–H groups in total. The van der Waals surface area contributed by atoms with Crippen LogP contribution >= 0.6 is 0 Å². The van der Waals surface area contributed by atoms with Gasteiger partial charge in [-0.05, 0) is 12.1 Å². The van der Waals surface area contributed by atoms with Gasteiger partial charge in [-0.1, -0.05) is 6.58 Å². The molecule has 0 spiro atoms. The Morgan fingerprint density at radius 2 is 2.14 bits per heavy atom. The second-order valence-corrected chi connectivity index (χ2v) is 3.08. The lowest BCUT2D eigenvalue weighted by Crippen LogP contribution is -2.10. The van der Waals surface area contributed by atoms with E-state index in [-0.39, 0.29) is 5.57 Å². The molecule has 0 unspecified atom stereocenters. The highest BCUT2D eigenvalue weighted by Crippen LogP contribution is 2.14. The fourth-order valence-electron chi connectivity index (χ4n) is 0.953. The van der Waals surface area contributed by atoms with Crippen molar-refractivity contribution in [1.29, 1.82) is 0 Å². The molecule has 74 valence electrons. The number of hydrogen-bond acceptors (Lipinski definition) is 3. The summed E-state index contributed by atoms with van der Waals surface area (Å²) in [6, 6.07) is 3.45. The zero-order valence-corrected chi connectivity index (χ0v) is 8.19. The van der Waals surface area contributed by atoms with Crippen LogP contribution in [0, 0.1) is 0 Å². The van der Waals surface area contributed by atoms with Gasteiger partial charge in [0.1, 0.15) is 5.82 Å². The molecule has 1 aromatic heterocycles. The van der Waals surface area contributed by atoms with Gasteiger partial charge in [0.05, 0.1) is 5.57 Å². The summed E-state index contributed by atoms with van der Waals surface area (Å²) < 4.78 is 0. The SMILES string of the molecule is C=C(C(=O)O)c1ccc(N(C)C)nc1. The first-order chi connectivity index (χ1) is 6.52. The minimum absolute atomic E-state index is 0.0582. The zero-order valence-electron chi connectivity index (χ0n) is 8.19. The van der Waals surface area contributed by atoms with E-state index in [0.717, 1.165) is 5.82 Å². The first-order valence-corrected chi connectivity index (χ1v) is 4.08. The smallest absolute Gasteiger partial charge is 0.335 e. The molecule has 4 heteroatoms. The number of anilines is 1. The largest absolute Gasteiger partial charge is 0.478 e. The third-order valence-corrected chi connectivity index (χ3v) is 1.81. The molecule has 4 nitrogen and oxygen atoms in total. The lowest BCUT2D eigenvalue weighted by molar-refractivity contribution is -0.130. The highest BCUT2D eigenvalue weighted by atomic mass is 16.4. The van der Waals surface area contributed by atoms with E-state index < -0.39 is 5.97 Å². The van der Waals surface area contributed by atoms with Crippen molar-refractivity contribution in [3.63, 3.8) is 0 Å². The quantitative estimate of drug-likeness (QED) is 0.732. The van der Waals surface area contributed by atoms with Crippen LogP contribution in [0.5, 0.6) is 0 Å². The van der Waals surface area contributed by atoms with Crippen LogP contribution in [0.25, 0.3) is 5.57 Å². The van der Waals surface area contributed by atoms with Gasteiger partial charge in [-0.3, -0.25) is 0 Å². The number of aliphatic carboxylic acids is 1. The molecule has 1 aromatic rings. The Kier molecular flexibility index (Phi) is 2.86. The van der Waals surface area contributed by atoms with Gasteiger partial charge in [0.2, 0.25) is 0 Å². The van der Waals surface area contributed by atoms with Crippen molar-refractivity contribution in [2.75, 3.05) is 19.0 Å². The van der Waals surface area contributed by atoms with Crippen LogP contribution in [0.3, 0.4) is 0 Å². The number of pyridine rings is 1. The van der Waals surface area contributed by atoms with Gasteiger partial charge in [-0.2, -0.15) is 0 Å². The Morgan fingerprint density at radius 3 is 2.50 bits per heavy atom. The average molecular weight is 192 g/mol. The van der Waals surface area contributed by atoms with E-state index in [4.69, 9.17) is 5.11 Å². The molecule has 0 aliphatic rings. The molecule has 0 fully saturated rings. The van der Waals surface area contributed by atoms with Crippen molar-refractivity contribution in [3.05, 3.63) is 30.5 Å². The molecular formula is C10H12N2O2. The number of aromatic nitrogens is 1. The van der Waals surface area contributed by atoms with E-state index in [1.165, 1.54) is 6.20 Å². The maximum absolute atomic E-state index is 10.6. The van der Waals surface area contributed by atoms with Crippen molar-refractivity contribution in [1.82, 2.24) is 4.98 Å². The molecule has 0 aliphatic carbocycles. The van der Waals surface area contributed by atoms with Gasteiger partial charge in [0.25, 0.3) is 0 Å². The summed E-state index contributed by atoms with van der Waals surface area (Å²) in [5.74, 6) is -0.239. The minimum Gasteiger partial charge on any atom is -0.478 e. The Hall–Kier alpha value is -1.84. The molecule has 0 bridgehead atoms. The van der Waals surface area contributed by atoms with Crippen LogP contribution in [-0.4, -0.2) is 30.2 Å².